The quantitative estimate of drug-likeness (QED) is 0.229. The molecule has 0 aromatic heterocycles. The van der Waals surface area contributed by atoms with E-state index in [9.17, 15) is 37.5 Å². The molecular weight excluding hydrogens is 707 g/mol. The van der Waals surface area contributed by atoms with Crippen molar-refractivity contribution < 1.29 is 42.2 Å². The molecule has 2 aromatic rings. The summed E-state index contributed by atoms with van der Waals surface area (Å²) in [7, 11) is 0. The number of nitrogens with one attached hydrogen (secondary N) is 5. The van der Waals surface area contributed by atoms with Gasteiger partial charge in [0.25, 0.3) is 0 Å². The van der Waals surface area contributed by atoms with Gasteiger partial charge in [-0.1, -0.05) is 67.5 Å². The highest BCUT2D eigenvalue weighted by atomic mass is 19.4. The van der Waals surface area contributed by atoms with Gasteiger partial charge in [0, 0.05) is 12.5 Å². The lowest BCUT2D eigenvalue weighted by Gasteiger charge is -2.30. The Balaban J connectivity index is 1.21. The van der Waals surface area contributed by atoms with E-state index in [2.05, 4.69) is 27.0 Å². The molecule has 54 heavy (non-hydrogen) atoms. The first-order valence-corrected chi connectivity index (χ1v) is 18.4. The number of halogens is 3. The molecule has 13 nitrogen and oxygen atoms in total. The van der Waals surface area contributed by atoms with Crippen molar-refractivity contribution >= 4 is 23.9 Å². The fourth-order valence-electron chi connectivity index (χ4n) is 7.35. The lowest BCUT2D eigenvalue weighted by molar-refractivity contribution is -0.145. The van der Waals surface area contributed by atoms with Crippen molar-refractivity contribution in [2.75, 3.05) is 6.54 Å². The minimum Gasteiger partial charge on any atom is -0.479 e. The molecule has 6 rings (SSSR count). The summed E-state index contributed by atoms with van der Waals surface area (Å²) in [6, 6.07) is 11.2. The molecule has 292 valence electrons. The Morgan fingerprint density at radius 3 is 2.50 bits per heavy atom. The van der Waals surface area contributed by atoms with Crippen molar-refractivity contribution in [1.29, 1.82) is 0 Å². The highest BCUT2D eigenvalue weighted by Crippen LogP contribution is 2.45. The molecule has 3 heterocycles. The highest BCUT2D eigenvalue weighted by molar-refractivity contribution is 5.96. The van der Waals surface area contributed by atoms with Gasteiger partial charge in [-0.3, -0.25) is 9.59 Å². The summed E-state index contributed by atoms with van der Waals surface area (Å²) in [4.78, 5) is 55.1. The van der Waals surface area contributed by atoms with E-state index in [1.807, 2.05) is 36.4 Å². The Labute approximate surface area is 311 Å². The number of alkyl halides is 3. The molecule has 6 N–H and O–H groups in total. The summed E-state index contributed by atoms with van der Waals surface area (Å²) >= 11 is 0. The van der Waals surface area contributed by atoms with E-state index in [0.717, 1.165) is 36.0 Å². The smallest absolute Gasteiger partial charge is 0.408 e. The van der Waals surface area contributed by atoms with Crippen LogP contribution < -0.4 is 27.0 Å². The Bertz CT molecular complexity index is 1750. The third-order valence-electron chi connectivity index (χ3n) is 10.2. The van der Waals surface area contributed by atoms with Gasteiger partial charge in [0.15, 0.2) is 0 Å². The van der Waals surface area contributed by atoms with Crippen LogP contribution in [-0.4, -0.2) is 81.0 Å². The number of fused-ring (bicyclic) bond motifs is 2. The lowest BCUT2D eigenvalue weighted by Crippen LogP contribution is -2.56. The summed E-state index contributed by atoms with van der Waals surface area (Å²) in [6.07, 6.45) is 0.943. The molecule has 0 radical (unpaired) electrons. The van der Waals surface area contributed by atoms with Crippen LogP contribution in [0.1, 0.15) is 83.0 Å². The molecule has 6 atom stereocenters. The predicted octanol–water partition coefficient (Wildman–Crippen LogP) is 4.63. The zero-order valence-electron chi connectivity index (χ0n) is 30.5. The molecule has 1 aliphatic carbocycles. The summed E-state index contributed by atoms with van der Waals surface area (Å²) in [5.74, 6) is -2.56. The minimum atomic E-state index is -4.29. The molecule has 4 aliphatic rings. The summed E-state index contributed by atoms with van der Waals surface area (Å²) < 4.78 is 44.1. The van der Waals surface area contributed by atoms with E-state index < -0.39 is 71.9 Å². The first kappa shape index (κ1) is 39.2. The van der Waals surface area contributed by atoms with Crippen LogP contribution >= 0.6 is 0 Å². The van der Waals surface area contributed by atoms with Gasteiger partial charge in [0.05, 0.1) is 12.5 Å². The monoisotopic (exact) mass is 755 g/mol. The number of benzene rings is 2. The van der Waals surface area contributed by atoms with Crippen LogP contribution in [-0.2, 0) is 25.5 Å². The summed E-state index contributed by atoms with van der Waals surface area (Å²) in [5, 5.41) is 17.3. The molecule has 3 amide bonds. The number of hydrogen-bond donors (Lipinski definition) is 6. The number of aliphatic carboxylic acids is 1. The molecule has 0 spiro atoms. The van der Waals surface area contributed by atoms with Gasteiger partial charge in [-0.05, 0) is 81.2 Å². The van der Waals surface area contributed by atoms with Crippen LogP contribution in [0.25, 0.3) is 11.1 Å². The number of carboxylic acid groups (broad SMARTS) is 1. The van der Waals surface area contributed by atoms with Gasteiger partial charge in [0.1, 0.15) is 29.4 Å². The summed E-state index contributed by atoms with van der Waals surface area (Å²) in [5.41, 5.74) is 9.85. The Kier molecular flexibility index (Phi) is 11.4. The summed E-state index contributed by atoms with van der Waals surface area (Å²) in [6.45, 7) is 5.24. The fourth-order valence-corrected chi connectivity index (χ4v) is 7.35. The van der Waals surface area contributed by atoms with Crippen molar-refractivity contribution in [3.8, 4) is 11.1 Å². The van der Waals surface area contributed by atoms with Crippen molar-refractivity contribution in [2.24, 2.45) is 5.92 Å². The molecule has 3 aliphatic heterocycles. The van der Waals surface area contributed by atoms with E-state index in [4.69, 9.17) is 4.74 Å². The Morgan fingerprint density at radius 2 is 1.80 bits per heavy atom. The molecule has 2 aromatic carbocycles. The molecular formula is C38H48F3N7O6. The van der Waals surface area contributed by atoms with Crippen molar-refractivity contribution in [1.82, 2.24) is 37.0 Å². The number of nitrogens with zero attached hydrogens (tertiary/aromatic N) is 2. The van der Waals surface area contributed by atoms with Crippen LogP contribution in [0.4, 0.5) is 18.0 Å². The van der Waals surface area contributed by atoms with Gasteiger partial charge >= 0.3 is 18.2 Å². The molecule has 2 saturated heterocycles. The van der Waals surface area contributed by atoms with Crippen molar-refractivity contribution in [3.63, 3.8) is 0 Å². The van der Waals surface area contributed by atoms with E-state index in [1.165, 1.54) is 17.0 Å². The van der Waals surface area contributed by atoms with Gasteiger partial charge < -0.3 is 25.4 Å². The number of allylic oxidation sites excluding steroid dienone is 1. The zero-order chi connectivity index (χ0) is 38.8. The maximum atomic E-state index is 14.3. The number of amides is 3. The van der Waals surface area contributed by atoms with E-state index in [0.29, 0.717) is 12.8 Å². The average molecular weight is 756 g/mol. The second-order valence-electron chi connectivity index (χ2n) is 15.5. The second-order valence-corrected chi connectivity index (χ2v) is 15.5. The van der Waals surface area contributed by atoms with Crippen LogP contribution in [0.15, 0.2) is 60.7 Å². The fraction of sp³-hybridized carbons (Fsp3) is 0.526. The number of rotatable bonds is 6. The average Bonchev–Trinajstić information content (AvgIpc) is 3.40. The maximum Gasteiger partial charge on any atom is 0.408 e. The number of hydrogen-bond acceptors (Lipinski definition) is 9. The number of carbonyl (C=O) groups excluding carboxylic acids is 3. The standard InChI is InChI=1S/C38H48F3N7O6/c1-36(2,3)54-35(53)42-29-13-8-6-4-5-7-12-27-21-37(27,34(51)52)43-32(49)30-19-28(22-47(30)33(29)50)48-45-31(44-46-48)26-11-9-10-25(18-26)24-16-14-23(15-17-24)20-38(39,40)41/h7,9-12,14-18,27-31,44-46H,4-6,8,13,19-22H2,1-3H3,(H,42,53)(H,43,49)(H,51,52)/b12-7-/t27-,28+,29-,30+,31?,37+/m1/s1. The lowest BCUT2D eigenvalue weighted by atomic mass is 10.00. The number of ether oxygens (including phenoxy) is 1. The number of carboxylic acids is 1. The molecule has 1 unspecified atom stereocenters. The number of carbonyl (C=O) groups is 4. The van der Waals surface area contributed by atoms with E-state index in [-0.39, 0.29) is 30.9 Å². The second kappa shape index (κ2) is 15.7. The largest absolute Gasteiger partial charge is 0.479 e. The van der Waals surface area contributed by atoms with Gasteiger partial charge in [-0.25, -0.2) is 20.4 Å². The first-order chi connectivity index (χ1) is 25.5. The first-order valence-electron chi connectivity index (χ1n) is 18.4. The van der Waals surface area contributed by atoms with E-state index in [1.54, 1.807) is 38.0 Å². The topological polar surface area (TPSA) is 164 Å². The van der Waals surface area contributed by atoms with Crippen LogP contribution in [0.5, 0.6) is 0 Å². The molecule has 0 bridgehead atoms. The zero-order valence-corrected chi connectivity index (χ0v) is 30.5. The van der Waals surface area contributed by atoms with Crippen molar-refractivity contribution in [2.45, 2.75) is 114 Å². The predicted molar refractivity (Wildman–Crippen MR) is 192 cm³/mol. The number of alkyl carbamates (subject to hydrolysis) is 1. The maximum absolute atomic E-state index is 14.3. The van der Waals surface area contributed by atoms with Gasteiger partial charge in [-0.2, -0.15) is 23.8 Å². The molecule has 3 fully saturated rings. The van der Waals surface area contributed by atoms with Gasteiger partial charge in [-0.15, -0.1) is 0 Å². The third kappa shape index (κ3) is 9.40. The normalized spacial score (nSPS) is 28.9. The highest BCUT2D eigenvalue weighted by Gasteiger charge is 2.61. The Morgan fingerprint density at radius 1 is 1.04 bits per heavy atom. The van der Waals surface area contributed by atoms with Crippen LogP contribution in [0, 0.1) is 5.92 Å². The molecule has 1 saturated carbocycles. The van der Waals surface area contributed by atoms with Gasteiger partial charge in [0.2, 0.25) is 11.8 Å². The Hall–Kier alpha value is -4.51. The molecule has 16 heteroatoms. The number of hydrazine groups is 3. The van der Waals surface area contributed by atoms with Crippen molar-refractivity contribution in [3.05, 3.63) is 71.8 Å². The minimum absolute atomic E-state index is 0.0749. The van der Waals surface area contributed by atoms with E-state index >= 15 is 0 Å². The SMILES string of the molecule is CC(C)(C)OC(=O)N[C@@H]1CCCCC/C=C\[C@@H]2C[C@]2(C(=O)O)NC(=O)[C@@H]2C[C@H](N3NNC(c4cccc(-c5ccc(CC(F)(F)F)cc5)c4)N3)CN2C1=O. The van der Waals surface area contributed by atoms with Crippen LogP contribution in [0.2, 0.25) is 0 Å². The third-order valence-corrected chi connectivity index (χ3v) is 10.2. The van der Waals surface area contributed by atoms with Crippen LogP contribution in [0.3, 0.4) is 0 Å².